The summed E-state index contributed by atoms with van der Waals surface area (Å²) < 4.78 is 1.86. The van der Waals surface area contributed by atoms with Gasteiger partial charge in [-0.2, -0.15) is 5.10 Å². The van der Waals surface area contributed by atoms with Crippen molar-refractivity contribution in [3.63, 3.8) is 0 Å². The summed E-state index contributed by atoms with van der Waals surface area (Å²) in [6, 6.07) is 11.6. The fourth-order valence-corrected chi connectivity index (χ4v) is 3.56. The first-order chi connectivity index (χ1) is 13.2. The lowest BCUT2D eigenvalue weighted by Gasteiger charge is -2.27. The van der Waals surface area contributed by atoms with Gasteiger partial charge in [0.25, 0.3) is 5.91 Å². The highest BCUT2D eigenvalue weighted by molar-refractivity contribution is 5.98. The molecule has 3 N–H and O–H groups in total. The summed E-state index contributed by atoms with van der Waals surface area (Å²) >= 11 is 0. The minimum Gasteiger partial charge on any atom is -0.351 e. The largest absolute Gasteiger partial charge is 0.351 e. The van der Waals surface area contributed by atoms with E-state index in [4.69, 9.17) is 0 Å². The third-order valence-corrected chi connectivity index (χ3v) is 5.25. The number of para-hydroxylation sites is 1. The Balaban J connectivity index is 1.31. The molecule has 8 nitrogen and oxygen atoms in total. The SMILES string of the molecule is O=C(Nc1cc2n(n1)CCN(C(=O)c1cc3ccccc3[nH]1)C2)C1CNC1. The second-order valence-electron chi connectivity index (χ2n) is 7.09. The van der Waals surface area contributed by atoms with Crippen molar-refractivity contribution in [1.29, 1.82) is 0 Å². The summed E-state index contributed by atoms with van der Waals surface area (Å²) in [4.78, 5) is 30.0. The van der Waals surface area contributed by atoms with Crippen molar-refractivity contribution in [3.8, 4) is 0 Å². The molecular weight excluding hydrogens is 344 g/mol. The van der Waals surface area contributed by atoms with Crippen molar-refractivity contribution in [2.24, 2.45) is 5.92 Å². The maximum absolute atomic E-state index is 12.9. The predicted octanol–water partition coefficient (Wildman–Crippen LogP) is 1.18. The third-order valence-electron chi connectivity index (χ3n) is 5.25. The number of aromatic nitrogens is 3. The smallest absolute Gasteiger partial charge is 0.270 e. The van der Waals surface area contributed by atoms with Crippen LogP contribution in [0.25, 0.3) is 10.9 Å². The molecule has 0 atom stereocenters. The molecule has 0 saturated carbocycles. The Morgan fingerprint density at radius 1 is 1.15 bits per heavy atom. The highest BCUT2D eigenvalue weighted by Crippen LogP contribution is 2.21. The molecule has 5 rings (SSSR count). The number of carbonyl (C=O) groups is 2. The second kappa shape index (κ2) is 6.24. The molecule has 2 aromatic heterocycles. The molecule has 2 aliphatic rings. The summed E-state index contributed by atoms with van der Waals surface area (Å²) in [5, 5.41) is 11.4. The molecule has 1 aromatic carbocycles. The van der Waals surface area contributed by atoms with Crippen LogP contribution in [0.15, 0.2) is 36.4 Å². The van der Waals surface area contributed by atoms with Crippen molar-refractivity contribution < 1.29 is 9.59 Å². The van der Waals surface area contributed by atoms with Crippen molar-refractivity contribution in [2.75, 3.05) is 25.0 Å². The fourth-order valence-electron chi connectivity index (χ4n) is 3.56. The number of fused-ring (bicyclic) bond motifs is 2. The van der Waals surface area contributed by atoms with Crippen LogP contribution in [-0.4, -0.2) is 51.1 Å². The summed E-state index contributed by atoms with van der Waals surface area (Å²) in [5.74, 6) is 0.547. The average Bonchev–Trinajstić information content (AvgIpc) is 3.21. The molecule has 4 heterocycles. The number of aromatic amines is 1. The third kappa shape index (κ3) is 2.87. The number of nitrogens with one attached hydrogen (secondary N) is 3. The van der Waals surface area contributed by atoms with Gasteiger partial charge in [0.05, 0.1) is 24.7 Å². The van der Waals surface area contributed by atoms with Gasteiger partial charge >= 0.3 is 0 Å². The Morgan fingerprint density at radius 2 is 2.00 bits per heavy atom. The molecule has 2 amide bonds. The first-order valence-corrected chi connectivity index (χ1v) is 9.13. The van der Waals surface area contributed by atoms with Crippen LogP contribution in [0, 0.1) is 5.92 Å². The van der Waals surface area contributed by atoms with Gasteiger partial charge in [0, 0.05) is 36.6 Å². The van der Waals surface area contributed by atoms with E-state index in [1.165, 1.54) is 0 Å². The van der Waals surface area contributed by atoms with Crippen LogP contribution >= 0.6 is 0 Å². The van der Waals surface area contributed by atoms with Crippen molar-refractivity contribution in [3.05, 3.63) is 47.8 Å². The van der Waals surface area contributed by atoms with Gasteiger partial charge in [-0.3, -0.25) is 14.3 Å². The normalized spacial score (nSPS) is 16.8. The molecule has 0 aliphatic carbocycles. The maximum atomic E-state index is 12.9. The number of benzene rings is 1. The number of H-pyrrole nitrogens is 1. The van der Waals surface area contributed by atoms with Gasteiger partial charge in [-0.15, -0.1) is 0 Å². The maximum Gasteiger partial charge on any atom is 0.270 e. The Bertz CT molecular complexity index is 999. The molecular formula is C19H20N6O2. The Labute approximate surface area is 155 Å². The quantitative estimate of drug-likeness (QED) is 0.650. The lowest BCUT2D eigenvalue weighted by atomic mass is 10.0. The van der Waals surface area contributed by atoms with Gasteiger partial charge in [0.2, 0.25) is 5.91 Å². The molecule has 138 valence electrons. The summed E-state index contributed by atoms with van der Waals surface area (Å²) in [6.45, 7) is 3.10. The average molecular weight is 364 g/mol. The monoisotopic (exact) mass is 364 g/mol. The van der Waals surface area contributed by atoms with E-state index in [1.54, 1.807) is 0 Å². The van der Waals surface area contributed by atoms with E-state index < -0.39 is 0 Å². The lowest BCUT2D eigenvalue weighted by Crippen LogP contribution is -2.48. The second-order valence-corrected chi connectivity index (χ2v) is 7.09. The van der Waals surface area contributed by atoms with Crippen molar-refractivity contribution >= 4 is 28.5 Å². The highest BCUT2D eigenvalue weighted by atomic mass is 16.2. The van der Waals surface area contributed by atoms with E-state index in [9.17, 15) is 9.59 Å². The van der Waals surface area contributed by atoms with E-state index >= 15 is 0 Å². The van der Waals surface area contributed by atoms with Crippen LogP contribution in [0.4, 0.5) is 5.82 Å². The molecule has 0 unspecified atom stereocenters. The zero-order chi connectivity index (χ0) is 18.4. The van der Waals surface area contributed by atoms with Crippen molar-refractivity contribution in [2.45, 2.75) is 13.1 Å². The van der Waals surface area contributed by atoms with Gasteiger partial charge in [0.1, 0.15) is 5.69 Å². The van der Waals surface area contributed by atoms with Crippen LogP contribution < -0.4 is 10.6 Å². The minimum absolute atomic E-state index is 0.00444. The minimum atomic E-state index is -0.0234. The Hall–Kier alpha value is -3.13. The van der Waals surface area contributed by atoms with E-state index in [-0.39, 0.29) is 17.7 Å². The number of anilines is 1. The van der Waals surface area contributed by atoms with Crippen molar-refractivity contribution in [1.82, 2.24) is 25.0 Å². The molecule has 1 fully saturated rings. The Morgan fingerprint density at radius 3 is 2.78 bits per heavy atom. The first-order valence-electron chi connectivity index (χ1n) is 9.13. The zero-order valence-corrected chi connectivity index (χ0v) is 14.7. The summed E-state index contributed by atoms with van der Waals surface area (Å²) in [5.41, 5.74) is 2.47. The number of hydrogen-bond acceptors (Lipinski definition) is 4. The number of nitrogens with zero attached hydrogens (tertiary/aromatic N) is 3. The number of hydrogen-bond donors (Lipinski definition) is 3. The predicted molar refractivity (Wildman–Crippen MR) is 100 cm³/mol. The molecule has 2 aliphatic heterocycles. The van der Waals surface area contributed by atoms with Crippen LogP contribution in [0.3, 0.4) is 0 Å². The number of rotatable bonds is 3. The molecule has 0 radical (unpaired) electrons. The zero-order valence-electron chi connectivity index (χ0n) is 14.7. The standard InChI is InChI=1S/C19H20N6O2/c26-18(13-9-20-10-13)22-17-8-14-11-24(5-6-25(14)23-17)19(27)16-7-12-3-1-2-4-15(12)21-16/h1-4,7-8,13,20-21H,5-6,9-11H2,(H,22,23,26). The van der Waals surface area contributed by atoms with E-state index in [0.29, 0.717) is 44.2 Å². The topological polar surface area (TPSA) is 95.1 Å². The van der Waals surface area contributed by atoms with Gasteiger partial charge < -0.3 is 20.5 Å². The fraction of sp³-hybridized carbons (Fsp3) is 0.316. The molecule has 3 aromatic rings. The summed E-state index contributed by atoms with van der Waals surface area (Å²) in [7, 11) is 0. The van der Waals surface area contributed by atoms with Gasteiger partial charge in [-0.1, -0.05) is 18.2 Å². The molecule has 8 heteroatoms. The van der Waals surface area contributed by atoms with Crippen LogP contribution in [0.2, 0.25) is 0 Å². The van der Waals surface area contributed by atoms with Crippen LogP contribution in [0.5, 0.6) is 0 Å². The molecule has 1 saturated heterocycles. The van der Waals surface area contributed by atoms with Crippen LogP contribution in [-0.2, 0) is 17.9 Å². The summed E-state index contributed by atoms with van der Waals surface area (Å²) in [6.07, 6.45) is 0. The molecule has 27 heavy (non-hydrogen) atoms. The highest BCUT2D eigenvalue weighted by Gasteiger charge is 2.27. The van der Waals surface area contributed by atoms with E-state index in [1.807, 2.05) is 46.0 Å². The molecule has 0 bridgehead atoms. The van der Waals surface area contributed by atoms with Crippen LogP contribution in [0.1, 0.15) is 16.2 Å². The van der Waals surface area contributed by atoms with Gasteiger partial charge in [-0.05, 0) is 12.1 Å². The van der Waals surface area contributed by atoms with Gasteiger partial charge in [-0.25, -0.2) is 0 Å². The van der Waals surface area contributed by atoms with E-state index in [0.717, 1.165) is 16.6 Å². The van der Waals surface area contributed by atoms with E-state index in [2.05, 4.69) is 20.7 Å². The number of amides is 2. The Kier molecular flexibility index (Phi) is 3.71. The lowest BCUT2D eigenvalue weighted by molar-refractivity contribution is -0.121. The molecule has 0 spiro atoms. The van der Waals surface area contributed by atoms with Gasteiger partial charge in [0.15, 0.2) is 5.82 Å². The first kappa shape index (κ1) is 16.1. The number of carbonyl (C=O) groups excluding carboxylic acids is 2.